The van der Waals surface area contributed by atoms with Crippen LogP contribution in [0.15, 0.2) is 80.0 Å². The predicted molar refractivity (Wildman–Crippen MR) is 147 cm³/mol. The van der Waals surface area contributed by atoms with E-state index >= 15 is 0 Å². The molecule has 0 saturated heterocycles. The molecular weight excluding hydrogens is 504 g/mol. The maximum atomic E-state index is 5.56. The molecule has 0 aliphatic carbocycles. The lowest BCUT2D eigenvalue weighted by Crippen LogP contribution is -2.23. The van der Waals surface area contributed by atoms with Crippen LogP contribution in [0.4, 0.5) is 21.6 Å². The SMILES string of the molecule is COc1cc(CCCCCc2ccc(N=Nc3scc[n+]3C)c(OC)c2)ccc1N=Nc1scc[n+]1C. The standard InChI is InChI=1S/C27H32N6O2S2/c1-32-14-16-36-26(32)30-28-22-12-10-20(18-24(22)34-3)8-6-5-7-9-21-11-13-23(25(19-21)35-4)29-31-27-33(2)15-17-37-27/h10-19H,5-9H2,1-4H3/q+2. The predicted octanol–water partition coefficient (Wildman–Crippen LogP) is 7.26. The zero-order valence-corrected chi connectivity index (χ0v) is 23.3. The van der Waals surface area contributed by atoms with E-state index in [1.165, 1.54) is 11.1 Å². The number of nitrogens with zero attached hydrogens (tertiary/aromatic N) is 6. The lowest BCUT2D eigenvalue weighted by molar-refractivity contribution is -0.654. The number of aryl methyl sites for hydroxylation is 4. The molecule has 4 rings (SSSR count). The highest BCUT2D eigenvalue weighted by Gasteiger charge is 2.12. The lowest BCUT2D eigenvalue weighted by Gasteiger charge is -2.08. The van der Waals surface area contributed by atoms with E-state index in [0.717, 1.165) is 65.2 Å². The normalized spacial score (nSPS) is 11.6. The van der Waals surface area contributed by atoms with Crippen molar-refractivity contribution in [3.05, 3.63) is 70.7 Å². The van der Waals surface area contributed by atoms with Gasteiger partial charge in [0.25, 0.3) is 0 Å². The molecular formula is C27H32N6O2S2+2. The quantitative estimate of drug-likeness (QED) is 0.109. The Balaban J connectivity index is 1.26. The van der Waals surface area contributed by atoms with Crippen LogP contribution >= 0.6 is 22.7 Å². The van der Waals surface area contributed by atoms with E-state index in [1.54, 1.807) is 36.9 Å². The van der Waals surface area contributed by atoms with Gasteiger partial charge in [-0.1, -0.05) is 18.6 Å². The Hall–Kier alpha value is -3.50. The Morgan fingerprint density at radius 1 is 0.649 bits per heavy atom. The third-order valence-electron chi connectivity index (χ3n) is 5.93. The monoisotopic (exact) mass is 536 g/mol. The molecule has 37 heavy (non-hydrogen) atoms. The summed E-state index contributed by atoms with van der Waals surface area (Å²) in [5.74, 6) is 1.50. The van der Waals surface area contributed by atoms with E-state index in [9.17, 15) is 0 Å². The summed E-state index contributed by atoms with van der Waals surface area (Å²) in [6.45, 7) is 0. The van der Waals surface area contributed by atoms with Gasteiger partial charge in [-0.25, -0.2) is 9.13 Å². The molecule has 0 bridgehead atoms. The third kappa shape index (κ3) is 7.27. The summed E-state index contributed by atoms with van der Waals surface area (Å²) in [6, 6.07) is 12.3. The maximum absolute atomic E-state index is 5.56. The second-order valence-corrected chi connectivity index (χ2v) is 10.3. The van der Waals surface area contributed by atoms with Crippen molar-refractivity contribution in [2.45, 2.75) is 32.1 Å². The molecule has 10 heteroatoms. The molecule has 192 valence electrons. The maximum Gasteiger partial charge on any atom is 0.408 e. The minimum atomic E-state index is 0.737. The molecule has 0 spiro atoms. The molecule has 2 heterocycles. The topological polar surface area (TPSA) is 75.7 Å². The molecule has 0 aliphatic heterocycles. The Labute approximate surface area is 225 Å². The number of benzene rings is 2. The number of aromatic nitrogens is 2. The molecule has 0 aliphatic rings. The van der Waals surface area contributed by atoms with E-state index in [2.05, 4.69) is 44.7 Å². The molecule has 0 fully saturated rings. The van der Waals surface area contributed by atoms with E-state index in [1.807, 2.05) is 58.5 Å². The number of azo groups is 2. The van der Waals surface area contributed by atoms with Crippen molar-refractivity contribution in [1.82, 2.24) is 0 Å². The molecule has 2 aromatic heterocycles. The van der Waals surface area contributed by atoms with Crippen LogP contribution in [-0.2, 0) is 26.9 Å². The molecule has 0 atom stereocenters. The zero-order chi connectivity index (χ0) is 26.0. The van der Waals surface area contributed by atoms with Crippen LogP contribution in [-0.4, -0.2) is 14.2 Å². The highest BCUT2D eigenvalue weighted by Crippen LogP contribution is 2.32. The molecule has 0 N–H and O–H groups in total. The van der Waals surface area contributed by atoms with E-state index in [-0.39, 0.29) is 0 Å². The molecule has 0 unspecified atom stereocenters. The van der Waals surface area contributed by atoms with Crippen molar-refractivity contribution in [3.8, 4) is 11.5 Å². The van der Waals surface area contributed by atoms with E-state index in [4.69, 9.17) is 9.47 Å². The molecule has 2 aromatic carbocycles. The van der Waals surface area contributed by atoms with E-state index in [0.29, 0.717) is 0 Å². The summed E-state index contributed by atoms with van der Waals surface area (Å²) < 4.78 is 15.0. The first-order chi connectivity index (χ1) is 18.1. The van der Waals surface area contributed by atoms with Gasteiger partial charge in [0.15, 0.2) is 11.4 Å². The largest absolute Gasteiger partial charge is 0.494 e. The average molecular weight is 537 g/mol. The van der Waals surface area contributed by atoms with Crippen molar-refractivity contribution < 1.29 is 18.6 Å². The number of methoxy groups -OCH3 is 2. The van der Waals surface area contributed by atoms with Gasteiger partial charge < -0.3 is 9.47 Å². The lowest BCUT2D eigenvalue weighted by atomic mass is 10.0. The number of hydrogen-bond acceptors (Lipinski definition) is 8. The van der Waals surface area contributed by atoms with Gasteiger partial charge in [0, 0.05) is 10.8 Å². The summed E-state index contributed by atoms with van der Waals surface area (Å²) in [5.41, 5.74) is 3.96. The molecule has 0 saturated carbocycles. The summed E-state index contributed by atoms with van der Waals surface area (Å²) in [4.78, 5) is 0. The van der Waals surface area contributed by atoms with Crippen molar-refractivity contribution in [1.29, 1.82) is 0 Å². The molecule has 0 amide bonds. The van der Waals surface area contributed by atoms with Gasteiger partial charge in [-0.2, -0.15) is 0 Å². The van der Waals surface area contributed by atoms with Crippen LogP contribution in [0.1, 0.15) is 30.4 Å². The van der Waals surface area contributed by atoms with Crippen LogP contribution < -0.4 is 18.6 Å². The van der Waals surface area contributed by atoms with Crippen molar-refractivity contribution in [3.63, 3.8) is 0 Å². The minimum Gasteiger partial charge on any atom is -0.494 e. The van der Waals surface area contributed by atoms with E-state index < -0.39 is 0 Å². The fraction of sp³-hybridized carbons (Fsp3) is 0.333. The second kappa shape index (κ2) is 13.2. The Kier molecular flexibility index (Phi) is 9.45. The van der Waals surface area contributed by atoms with Crippen LogP contribution in [0.5, 0.6) is 11.5 Å². The van der Waals surface area contributed by atoms with Crippen LogP contribution in [0, 0.1) is 0 Å². The number of thiazole rings is 2. The number of rotatable bonds is 12. The van der Waals surface area contributed by atoms with Gasteiger partial charge in [-0.05, 0) is 94.0 Å². The first-order valence-corrected chi connectivity index (χ1v) is 13.9. The summed E-state index contributed by atoms with van der Waals surface area (Å²) in [6.07, 6.45) is 9.27. The summed E-state index contributed by atoms with van der Waals surface area (Å²) in [5, 5.41) is 23.1. The minimum absolute atomic E-state index is 0.737. The smallest absolute Gasteiger partial charge is 0.408 e. The summed E-state index contributed by atoms with van der Waals surface area (Å²) in [7, 11) is 7.26. The molecule has 4 aromatic rings. The Morgan fingerprint density at radius 2 is 1.11 bits per heavy atom. The fourth-order valence-corrected chi connectivity index (χ4v) is 5.16. The number of unbranched alkanes of at least 4 members (excludes halogenated alkanes) is 2. The fourth-order valence-electron chi connectivity index (χ4n) is 3.80. The zero-order valence-electron chi connectivity index (χ0n) is 21.6. The number of ether oxygens (including phenoxy) is 2. The van der Waals surface area contributed by atoms with Gasteiger partial charge in [0.05, 0.1) is 38.5 Å². The van der Waals surface area contributed by atoms with Crippen LogP contribution in [0.2, 0.25) is 0 Å². The van der Waals surface area contributed by atoms with Crippen molar-refractivity contribution >= 4 is 44.3 Å². The Bertz CT molecular complexity index is 1280. The van der Waals surface area contributed by atoms with Crippen molar-refractivity contribution in [2.75, 3.05) is 14.2 Å². The highest BCUT2D eigenvalue weighted by molar-refractivity contribution is 7.13. The van der Waals surface area contributed by atoms with Gasteiger partial charge >= 0.3 is 10.3 Å². The van der Waals surface area contributed by atoms with Crippen LogP contribution in [0.3, 0.4) is 0 Å². The van der Waals surface area contributed by atoms with Gasteiger partial charge in [-0.15, -0.1) is 0 Å². The average Bonchev–Trinajstić information content (AvgIpc) is 3.53. The third-order valence-corrected chi connectivity index (χ3v) is 7.60. The first kappa shape index (κ1) is 26.6. The molecule has 8 nitrogen and oxygen atoms in total. The van der Waals surface area contributed by atoms with Gasteiger partial charge in [-0.3, -0.25) is 0 Å². The number of hydrogen-bond donors (Lipinski definition) is 0. The van der Waals surface area contributed by atoms with Crippen molar-refractivity contribution in [2.24, 2.45) is 34.6 Å². The molecule has 0 radical (unpaired) electrons. The van der Waals surface area contributed by atoms with Crippen LogP contribution in [0.25, 0.3) is 0 Å². The van der Waals surface area contributed by atoms with Gasteiger partial charge in [0.2, 0.25) is 0 Å². The Morgan fingerprint density at radius 3 is 1.49 bits per heavy atom. The summed E-state index contributed by atoms with van der Waals surface area (Å²) >= 11 is 3.10. The second-order valence-electron chi connectivity index (χ2n) is 8.57. The van der Waals surface area contributed by atoms with Gasteiger partial charge in [0.1, 0.15) is 23.9 Å². The first-order valence-electron chi connectivity index (χ1n) is 12.1. The highest BCUT2D eigenvalue weighted by atomic mass is 32.1.